The number of thiazole rings is 1. The zero-order chi connectivity index (χ0) is 22.3. The van der Waals surface area contributed by atoms with Crippen molar-refractivity contribution >= 4 is 34.5 Å². The lowest BCUT2D eigenvalue weighted by Crippen LogP contribution is -2.43. The molecule has 0 unspecified atom stereocenters. The highest BCUT2D eigenvalue weighted by atomic mass is 32.1. The number of hydrazine groups is 1. The van der Waals surface area contributed by atoms with Gasteiger partial charge in [-0.15, -0.1) is 22.7 Å². The Labute approximate surface area is 191 Å². The number of aromatic nitrogens is 1. The van der Waals surface area contributed by atoms with Crippen LogP contribution in [0.25, 0.3) is 21.0 Å². The van der Waals surface area contributed by atoms with Crippen LogP contribution in [0.15, 0.2) is 71.4 Å². The Hall–Kier alpha value is -4.00. The molecule has 0 aliphatic rings. The number of carbonyl (C=O) groups excluding carboxylic acids is 2. The van der Waals surface area contributed by atoms with Gasteiger partial charge in [0, 0.05) is 5.38 Å². The third kappa shape index (κ3) is 5.18. The second-order valence-electron chi connectivity index (χ2n) is 6.52. The molecule has 2 N–H and O–H groups in total. The normalized spacial score (nSPS) is 10.2. The summed E-state index contributed by atoms with van der Waals surface area (Å²) in [6.45, 7) is -0.256. The molecular formula is C23H16N4O3S2. The Bertz CT molecular complexity index is 1260. The van der Waals surface area contributed by atoms with Gasteiger partial charge in [0.25, 0.3) is 11.8 Å². The zero-order valence-electron chi connectivity index (χ0n) is 16.6. The highest BCUT2D eigenvalue weighted by Crippen LogP contribution is 2.27. The predicted octanol–water partition coefficient (Wildman–Crippen LogP) is 4.25. The monoisotopic (exact) mass is 460 g/mol. The Morgan fingerprint density at radius 1 is 0.969 bits per heavy atom. The summed E-state index contributed by atoms with van der Waals surface area (Å²) in [4.78, 5) is 29.5. The highest BCUT2D eigenvalue weighted by molar-refractivity contribution is 7.20. The minimum Gasteiger partial charge on any atom is -0.484 e. The van der Waals surface area contributed by atoms with Crippen LogP contribution in [0.5, 0.6) is 5.75 Å². The van der Waals surface area contributed by atoms with Gasteiger partial charge in [-0.2, -0.15) is 5.26 Å². The van der Waals surface area contributed by atoms with Gasteiger partial charge in [-0.25, -0.2) is 4.98 Å². The first kappa shape index (κ1) is 21.2. The summed E-state index contributed by atoms with van der Waals surface area (Å²) < 4.78 is 5.47. The van der Waals surface area contributed by atoms with Gasteiger partial charge in [0.2, 0.25) is 0 Å². The van der Waals surface area contributed by atoms with Gasteiger partial charge in [0.15, 0.2) is 6.61 Å². The first-order chi connectivity index (χ1) is 15.6. The Morgan fingerprint density at radius 2 is 1.69 bits per heavy atom. The first-order valence-electron chi connectivity index (χ1n) is 9.44. The summed E-state index contributed by atoms with van der Waals surface area (Å²) in [6.07, 6.45) is 0. The molecule has 0 spiro atoms. The van der Waals surface area contributed by atoms with Gasteiger partial charge in [-0.05, 0) is 46.8 Å². The maximum Gasteiger partial charge on any atom is 0.289 e. The Morgan fingerprint density at radius 3 is 2.34 bits per heavy atom. The number of carbonyl (C=O) groups is 2. The molecule has 2 amide bonds. The molecule has 0 aliphatic carbocycles. The lowest BCUT2D eigenvalue weighted by Gasteiger charge is -2.09. The van der Waals surface area contributed by atoms with E-state index in [1.165, 1.54) is 11.3 Å². The van der Waals surface area contributed by atoms with Crippen molar-refractivity contribution in [1.82, 2.24) is 15.8 Å². The summed E-state index contributed by atoms with van der Waals surface area (Å²) >= 11 is 2.91. The van der Waals surface area contributed by atoms with E-state index >= 15 is 0 Å². The fraction of sp³-hybridized carbons (Fsp3) is 0.0435. The standard InChI is InChI=1S/C23H16N4O3S2/c24-12-15-3-5-16(6-4-15)17-7-9-18(10-8-17)30-13-21(28)26-27-22(29)19-14-32-23(25-19)20-2-1-11-31-20/h1-11,14H,13H2,(H,26,28)(H,27,29). The van der Waals surface area contributed by atoms with E-state index in [1.807, 2.05) is 41.8 Å². The average Bonchev–Trinajstić information content (AvgIpc) is 3.54. The van der Waals surface area contributed by atoms with Crippen LogP contribution in [0.4, 0.5) is 0 Å². The summed E-state index contributed by atoms with van der Waals surface area (Å²) in [5.41, 5.74) is 7.43. The first-order valence-corrected chi connectivity index (χ1v) is 11.2. The lowest BCUT2D eigenvalue weighted by molar-refractivity contribution is -0.123. The van der Waals surface area contributed by atoms with E-state index in [4.69, 9.17) is 10.00 Å². The molecule has 0 bridgehead atoms. The quantitative estimate of drug-likeness (QED) is 0.419. The van der Waals surface area contributed by atoms with E-state index in [0.717, 1.165) is 21.0 Å². The highest BCUT2D eigenvalue weighted by Gasteiger charge is 2.13. The summed E-state index contributed by atoms with van der Waals surface area (Å²) in [5.74, 6) is -0.476. The van der Waals surface area contributed by atoms with Gasteiger partial charge < -0.3 is 4.74 Å². The number of thiophene rings is 1. The maximum absolute atomic E-state index is 12.2. The van der Waals surface area contributed by atoms with E-state index < -0.39 is 11.8 Å². The van der Waals surface area contributed by atoms with Gasteiger partial charge in [-0.1, -0.05) is 30.3 Å². The number of amides is 2. The number of hydrogen-bond donors (Lipinski definition) is 2. The van der Waals surface area contributed by atoms with E-state index in [9.17, 15) is 9.59 Å². The number of rotatable bonds is 6. The lowest BCUT2D eigenvalue weighted by atomic mass is 10.0. The summed E-state index contributed by atoms with van der Waals surface area (Å²) in [7, 11) is 0. The fourth-order valence-electron chi connectivity index (χ4n) is 2.75. The van der Waals surface area contributed by atoms with Crippen LogP contribution in [-0.2, 0) is 4.79 Å². The number of nitriles is 1. The summed E-state index contributed by atoms with van der Waals surface area (Å²) in [6, 6.07) is 20.4. The predicted molar refractivity (Wildman–Crippen MR) is 123 cm³/mol. The van der Waals surface area contributed by atoms with Crippen LogP contribution < -0.4 is 15.6 Å². The zero-order valence-corrected chi connectivity index (χ0v) is 18.2. The van der Waals surface area contributed by atoms with Crippen molar-refractivity contribution in [2.45, 2.75) is 0 Å². The number of hydrogen-bond acceptors (Lipinski definition) is 7. The van der Waals surface area contributed by atoms with Crippen LogP contribution >= 0.6 is 22.7 Å². The third-order valence-corrected chi connectivity index (χ3v) is 6.24. The second-order valence-corrected chi connectivity index (χ2v) is 8.33. The third-order valence-electron chi connectivity index (χ3n) is 4.36. The number of nitrogens with zero attached hydrogens (tertiary/aromatic N) is 2. The molecule has 9 heteroatoms. The van der Waals surface area contributed by atoms with Crippen LogP contribution in [-0.4, -0.2) is 23.4 Å². The van der Waals surface area contributed by atoms with Crippen LogP contribution in [0.3, 0.4) is 0 Å². The van der Waals surface area contributed by atoms with E-state index in [-0.39, 0.29) is 12.3 Å². The molecule has 2 heterocycles. The Kier molecular flexibility index (Phi) is 6.55. The van der Waals surface area contributed by atoms with Gasteiger partial charge in [0.1, 0.15) is 16.5 Å². The van der Waals surface area contributed by atoms with Crippen molar-refractivity contribution in [2.24, 2.45) is 0 Å². The topological polar surface area (TPSA) is 104 Å². The molecule has 7 nitrogen and oxygen atoms in total. The van der Waals surface area contributed by atoms with Crippen LogP contribution in [0.2, 0.25) is 0 Å². The fourth-order valence-corrected chi connectivity index (χ4v) is 4.36. The molecule has 0 atom stereocenters. The van der Waals surface area contributed by atoms with Crippen molar-refractivity contribution in [3.8, 4) is 32.8 Å². The molecule has 32 heavy (non-hydrogen) atoms. The van der Waals surface area contributed by atoms with E-state index in [0.29, 0.717) is 11.3 Å². The van der Waals surface area contributed by atoms with Crippen molar-refractivity contribution in [3.05, 3.63) is 82.7 Å². The molecule has 0 fully saturated rings. The summed E-state index contributed by atoms with van der Waals surface area (Å²) in [5, 5.41) is 13.2. The minimum atomic E-state index is -0.497. The molecule has 2 aromatic carbocycles. The van der Waals surface area contributed by atoms with Gasteiger partial charge in [0.05, 0.1) is 16.5 Å². The smallest absolute Gasteiger partial charge is 0.289 e. The van der Waals surface area contributed by atoms with Gasteiger partial charge >= 0.3 is 0 Å². The molecule has 0 saturated carbocycles. The second kappa shape index (κ2) is 9.87. The molecule has 4 aromatic rings. The van der Waals surface area contributed by atoms with Crippen molar-refractivity contribution in [2.75, 3.05) is 6.61 Å². The Balaban J connectivity index is 1.25. The molecule has 0 saturated heterocycles. The molecule has 0 aliphatic heterocycles. The number of nitrogens with one attached hydrogen (secondary N) is 2. The number of benzene rings is 2. The minimum absolute atomic E-state index is 0.234. The number of ether oxygens (including phenoxy) is 1. The molecular weight excluding hydrogens is 444 g/mol. The average molecular weight is 461 g/mol. The largest absolute Gasteiger partial charge is 0.484 e. The van der Waals surface area contributed by atoms with Crippen molar-refractivity contribution in [3.63, 3.8) is 0 Å². The SMILES string of the molecule is N#Cc1ccc(-c2ccc(OCC(=O)NNC(=O)c3csc(-c4cccs4)n3)cc2)cc1. The van der Waals surface area contributed by atoms with Gasteiger partial charge in [-0.3, -0.25) is 20.4 Å². The van der Waals surface area contributed by atoms with Crippen molar-refractivity contribution in [1.29, 1.82) is 5.26 Å². The molecule has 158 valence electrons. The van der Waals surface area contributed by atoms with Crippen molar-refractivity contribution < 1.29 is 14.3 Å². The molecule has 4 rings (SSSR count). The van der Waals surface area contributed by atoms with E-state index in [2.05, 4.69) is 21.9 Å². The maximum atomic E-state index is 12.2. The van der Waals surface area contributed by atoms with Crippen LogP contribution in [0, 0.1) is 11.3 Å². The van der Waals surface area contributed by atoms with E-state index in [1.54, 1.807) is 41.0 Å². The molecule has 0 radical (unpaired) electrons. The van der Waals surface area contributed by atoms with Crippen LogP contribution in [0.1, 0.15) is 16.1 Å². The molecule has 2 aromatic heterocycles.